The van der Waals surface area contributed by atoms with Gasteiger partial charge in [-0.15, -0.1) is 0 Å². The molecule has 0 amide bonds. The standard InChI is InChI=1S/C16H17NO/c17-14-8-4-12(5-9-14)13-6-10-16(11-7-13)18-15-2-1-3-15/h4-11,15H,1-3,17H2. The van der Waals surface area contributed by atoms with Crippen molar-refractivity contribution in [3.8, 4) is 16.9 Å². The number of benzene rings is 2. The predicted octanol–water partition coefficient (Wildman–Crippen LogP) is 3.87. The van der Waals surface area contributed by atoms with Gasteiger partial charge in [-0.25, -0.2) is 0 Å². The Morgan fingerprint density at radius 1 is 0.833 bits per heavy atom. The third kappa shape index (κ3) is 2.33. The molecule has 2 aromatic rings. The van der Waals surface area contributed by atoms with E-state index < -0.39 is 0 Å². The summed E-state index contributed by atoms with van der Waals surface area (Å²) in [6.45, 7) is 0. The highest BCUT2D eigenvalue weighted by atomic mass is 16.5. The van der Waals surface area contributed by atoms with Crippen LogP contribution in [0.25, 0.3) is 11.1 Å². The van der Waals surface area contributed by atoms with Gasteiger partial charge in [0.05, 0.1) is 6.10 Å². The van der Waals surface area contributed by atoms with Gasteiger partial charge in [-0.1, -0.05) is 24.3 Å². The average Bonchev–Trinajstić information content (AvgIpc) is 2.36. The van der Waals surface area contributed by atoms with Crippen molar-refractivity contribution in [2.45, 2.75) is 25.4 Å². The Balaban J connectivity index is 1.75. The summed E-state index contributed by atoms with van der Waals surface area (Å²) in [4.78, 5) is 0. The van der Waals surface area contributed by atoms with Crippen molar-refractivity contribution in [3.63, 3.8) is 0 Å². The predicted molar refractivity (Wildman–Crippen MR) is 74.6 cm³/mol. The van der Waals surface area contributed by atoms with Crippen LogP contribution in [0.2, 0.25) is 0 Å². The maximum absolute atomic E-state index is 5.84. The Morgan fingerprint density at radius 3 is 1.89 bits per heavy atom. The number of hydrogen-bond donors (Lipinski definition) is 1. The minimum Gasteiger partial charge on any atom is -0.490 e. The van der Waals surface area contributed by atoms with E-state index in [2.05, 4.69) is 12.1 Å². The molecule has 0 unspecified atom stereocenters. The first-order chi connectivity index (χ1) is 8.81. The zero-order valence-corrected chi connectivity index (χ0v) is 10.3. The molecule has 0 bridgehead atoms. The summed E-state index contributed by atoms with van der Waals surface area (Å²) in [5, 5.41) is 0. The fourth-order valence-electron chi connectivity index (χ4n) is 2.08. The van der Waals surface area contributed by atoms with Gasteiger partial charge in [0.15, 0.2) is 0 Å². The van der Waals surface area contributed by atoms with E-state index in [0.29, 0.717) is 6.10 Å². The number of anilines is 1. The van der Waals surface area contributed by atoms with Gasteiger partial charge in [-0.3, -0.25) is 0 Å². The van der Waals surface area contributed by atoms with Gasteiger partial charge >= 0.3 is 0 Å². The Bertz CT molecular complexity index is 512. The largest absolute Gasteiger partial charge is 0.490 e. The van der Waals surface area contributed by atoms with Crippen LogP contribution in [0.4, 0.5) is 5.69 Å². The molecule has 0 saturated heterocycles. The van der Waals surface area contributed by atoms with Gasteiger partial charge in [-0.05, 0) is 54.7 Å². The lowest BCUT2D eigenvalue weighted by atomic mass is 9.96. The van der Waals surface area contributed by atoms with Crippen molar-refractivity contribution < 1.29 is 4.74 Å². The van der Waals surface area contributed by atoms with E-state index in [1.165, 1.54) is 30.4 Å². The molecular formula is C16H17NO. The normalized spacial score (nSPS) is 15.1. The summed E-state index contributed by atoms with van der Waals surface area (Å²) in [7, 11) is 0. The number of ether oxygens (including phenoxy) is 1. The van der Waals surface area contributed by atoms with Gasteiger partial charge in [-0.2, -0.15) is 0 Å². The average molecular weight is 239 g/mol. The van der Waals surface area contributed by atoms with Gasteiger partial charge < -0.3 is 10.5 Å². The number of nitrogen functional groups attached to an aromatic ring is 1. The summed E-state index contributed by atoms with van der Waals surface area (Å²) in [6.07, 6.45) is 4.13. The second-order valence-corrected chi connectivity index (χ2v) is 4.82. The highest BCUT2D eigenvalue weighted by Gasteiger charge is 2.18. The molecule has 92 valence electrons. The molecule has 2 N–H and O–H groups in total. The van der Waals surface area contributed by atoms with Crippen LogP contribution in [-0.2, 0) is 0 Å². The summed E-state index contributed by atoms with van der Waals surface area (Å²) in [6, 6.07) is 16.2. The molecule has 0 radical (unpaired) electrons. The topological polar surface area (TPSA) is 35.2 Å². The maximum Gasteiger partial charge on any atom is 0.119 e. The third-order valence-corrected chi connectivity index (χ3v) is 3.45. The van der Waals surface area contributed by atoms with Crippen LogP contribution in [0, 0.1) is 0 Å². The fourth-order valence-corrected chi connectivity index (χ4v) is 2.08. The molecule has 1 fully saturated rings. The van der Waals surface area contributed by atoms with Crippen LogP contribution in [0.15, 0.2) is 48.5 Å². The molecule has 1 aliphatic rings. The Hall–Kier alpha value is -1.96. The van der Waals surface area contributed by atoms with Gasteiger partial charge in [0, 0.05) is 5.69 Å². The van der Waals surface area contributed by atoms with Crippen LogP contribution in [0.3, 0.4) is 0 Å². The zero-order valence-electron chi connectivity index (χ0n) is 10.3. The van der Waals surface area contributed by atoms with Crippen molar-refractivity contribution in [2.24, 2.45) is 0 Å². The monoisotopic (exact) mass is 239 g/mol. The number of hydrogen-bond acceptors (Lipinski definition) is 2. The summed E-state index contributed by atoms with van der Waals surface area (Å²) < 4.78 is 5.84. The fraction of sp³-hybridized carbons (Fsp3) is 0.250. The Morgan fingerprint density at radius 2 is 1.39 bits per heavy atom. The second-order valence-electron chi connectivity index (χ2n) is 4.82. The van der Waals surface area contributed by atoms with Crippen molar-refractivity contribution in [1.82, 2.24) is 0 Å². The molecule has 1 saturated carbocycles. The van der Waals surface area contributed by atoms with E-state index in [-0.39, 0.29) is 0 Å². The SMILES string of the molecule is Nc1ccc(-c2ccc(OC3CCC3)cc2)cc1. The van der Waals surface area contributed by atoms with E-state index in [4.69, 9.17) is 10.5 Å². The first-order valence-electron chi connectivity index (χ1n) is 6.44. The zero-order chi connectivity index (χ0) is 12.4. The quantitative estimate of drug-likeness (QED) is 0.825. The number of nitrogens with two attached hydrogens (primary N) is 1. The molecule has 2 aromatic carbocycles. The molecule has 0 aliphatic heterocycles. The molecule has 0 aromatic heterocycles. The molecule has 2 heteroatoms. The van der Waals surface area contributed by atoms with E-state index in [1.807, 2.05) is 36.4 Å². The van der Waals surface area contributed by atoms with Crippen molar-refractivity contribution in [3.05, 3.63) is 48.5 Å². The van der Waals surface area contributed by atoms with Gasteiger partial charge in [0.25, 0.3) is 0 Å². The van der Waals surface area contributed by atoms with Crippen LogP contribution in [0.5, 0.6) is 5.75 Å². The van der Waals surface area contributed by atoms with E-state index in [1.54, 1.807) is 0 Å². The minimum absolute atomic E-state index is 0.437. The molecular weight excluding hydrogens is 222 g/mol. The Labute approximate surface area is 107 Å². The molecule has 2 nitrogen and oxygen atoms in total. The summed E-state index contributed by atoms with van der Waals surface area (Å²) in [5.74, 6) is 0.971. The van der Waals surface area contributed by atoms with Gasteiger partial charge in [0.1, 0.15) is 5.75 Å². The first kappa shape index (κ1) is 11.1. The summed E-state index contributed by atoms with van der Waals surface area (Å²) >= 11 is 0. The van der Waals surface area contributed by atoms with Crippen LogP contribution in [0.1, 0.15) is 19.3 Å². The van der Waals surface area contributed by atoms with Crippen LogP contribution < -0.4 is 10.5 Å². The molecule has 18 heavy (non-hydrogen) atoms. The van der Waals surface area contributed by atoms with E-state index in [0.717, 1.165) is 11.4 Å². The highest BCUT2D eigenvalue weighted by Crippen LogP contribution is 2.27. The lowest BCUT2D eigenvalue weighted by Gasteiger charge is -2.26. The summed E-state index contributed by atoms with van der Waals surface area (Å²) in [5.41, 5.74) is 8.85. The third-order valence-electron chi connectivity index (χ3n) is 3.45. The van der Waals surface area contributed by atoms with E-state index >= 15 is 0 Å². The molecule has 0 spiro atoms. The minimum atomic E-state index is 0.437. The smallest absolute Gasteiger partial charge is 0.119 e. The van der Waals surface area contributed by atoms with Crippen LogP contribution >= 0.6 is 0 Å². The lowest BCUT2D eigenvalue weighted by Crippen LogP contribution is -2.24. The molecule has 0 heterocycles. The van der Waals surface area contributed by atoms with Crippen molar-refractivity contribution in [1.29, 1.82) is 0 Å². The van der Waals surface area contributed by atoms with Crippen molar-refractivity contribution in [2.75, 3.05) is 5.73 Å². The van der Waals surface area contributed by atoms with E-state index in [9.17, 15) is 0 Å². The number of rotatable bonds is 3. The second kappa shape index (κ2) is 4.73. The van der Waals surface area contributed by atoms with Crippen molar-refractivity contribution >= 4 is 5.69 Å². The maximum atomic E-state index is 5.84. The lowest BCUT2D eigenvalue weighted by molar-refractivity contribution is 0.120. The van der Waals surface area contributed by atoms with Crippen LogP contribution in [-0.4, -0.2) is 6.10 Å². The van der Waals surface area contributed by atoms with Gasteiger partial charge in [0.2, 0.25) is 0 Å². The molecule has 0 atom stereocenters. The molecule has 3 rings (SSSR count). The highest BCUT2D eigenvalue weighted by molar-refractivity contribution is 5.66. The first-order valence-corrected chi connectivity index (χ1v) is 6.44. The molecule has 1 aliphatic carbocycles. The Kier molecular flexibility index (Phi) is 2.93.